The van der Waals surface area contributed by atoms with Crippen molar-refractivity contribution in [2.75, 3.05) is 13.2 Å². The zero-order valence-electron chi connectivity index (χ0n) is 8.44. The molecule has 1 aliphatic rings. The van der Waals surface area contributed by atoms with Gasteiger partial charge in [-0.1, -0.05) is 20.8 Å². The van der Waals surface area contributed by atoms with Crippen molar-refractivity contribution in [3.8, 4) is 0 Å². The third-order valence-electron chi connectivity index (χ3n) is 2.40. The Kier molecular flexibility index (Phi) is 4.01. The molecule has 0 aliphatic carbocycles. The number of hydrogen-bond donors (Lipinski definition) is 1. The smallest absolute Gasteiger partial charge is 0.116 e. The molecule has 2 nitrogen and oxygen atoms in total. The third kappa shape index (κ3) is 2.92. The van der Waals surface area contributed by atoms with E-state index in [1.165, 1.54) is 0 Å². The maximum absolute atomic E-state index is 5.72. The van der Waals surface area contributed by atoms with Crippen LogP contribution >= 0.6 is 12.4 Å². The summed E-state index contributed by atoms with van der Waals surface area (Å²) in [7, 11) is 0. The molecular weight excluding hydrogens is 174 g/mol. The standard InChI is InChI=1S/C9H19NO.ClH/c1-5-9(4)10-6-8(2,3)7-11-9;/h10H,5-7H2,1-4H3;1H. The second-order valence-electron chi connectivity index (χ2n) is 4.39. The SMILES string of the molecule is CCC1(C)NCC(C)(C)CO1.Cl. The molecule has 12 heavy (non-hydrogen) atoms. The summed E-state index contributed by atoms with van der Waals surface area (Å²) in [5, 5.41) is 3.41. The average Bonchev–Trinajstić information content (AvgIpc) is 1.97. The van der Waals surface area contributed by atoms with Crippen molar-refractivity contribution < 1.29 is 4.74 Å². The van der Waals surface area contributed by atoms with Gasteiger partial charge in [0.25, 0.3) is 0 Å². The van der Waals surface area contributed by atoms with E-state index in [2.05, 4.69) is 33.0 Å². The minimum atomic E-state index is -0.0739. The minimum Gasteiger partial charge on any atom is -0.360 e. The zero-order chi connectivity index (χ0) is 8.54. The Morgan fingerprint density at radius 3 is 2.25 bits per heavy atom. The highest BCUT2D eigenvalue weighted by Gasteiger charge is 2.33. The summed E-state index contributed by atoms with van der Waals surface area (Å²) in [5.41, 5.74) is 0.226. The van der Waals surface area contributed by atoms with Crippen molar-refractivity contribution in [2.24, 2.45) is 5.41 Å². The van der Waals surface area contributed by atoms with Gasteiger partial charge in [0.1, 0.15) is 5.72 Å². The van der Waals surface area contributed by atoms with Crippen molar-refractivity contribution in [2.45, 2.75) is 39.8 Å². The molecule has 0 bridgehead atoms. The van der Waals surface area contributed by atoms with Crippen molar-refractivity contribution in [1.82, 2.24) is 5.32 Å². The van der Waals surface area contributed by atoms with E-state index in [1.54, 1.807) is 0 Å². The van der Waals surface area contributed by atoms with Crippen molar-refractivity contribution in [3.63, 3.8) is 0 Å². The zero-order valence-corrected chi connectivity index (χ0v) is 9.25. The van der Waals surface area contributed by atoms with Gasteiger partial charge in [-0.05, 0) is 13.3 Å². The van der Waals surface area contributed by atoms with Crippen LogP contribution in [0, 0.1) is 5.41 Å². The summed E-state index contributed by atoms with van der Waals surface area (Å²) in [6.45, 7) is 10.6. The summed E-state index contributed by atoms with van der Waals surface area (Å²) in [4.78, 5) is 0. The molecule has 0 aromatic rings. The van der Waals surface area contributed by atoms with E-state index in [1.807, 2.05) is 0 Å². The lowest BCUT2D eigenvalue weighted by atomic mass is 9.92. The van der Waals surface area contributed by atoms with Crippen molar-refractivity contribution >= 4 is 12.4 Å². The van der Waals surface area contributed by atoms with Crippen LogP contribution in [-0.2, 0) is 4.74 Å². The van der Waals surface area contributed by atoms with Crippen LogP contribution in [0.1, 0.15) is 34.1 Å². The van der Waals surface area contributed by atoms with Crippen LogP contribution in [0.2, 0.25) is 0 Å². The van der Waals surface area contributed by atoms with Gasteiger partial charge in [0.15, 0.2) is 0 Å². The van der Waals surface area contributed by atoms with Crippen LogP contribution < -0.4 is 5.32 Å². The second-order valence-corrected chi connectivity index (χ2v) is 4.39. The van der Waals surface area contributed by atoms with Crippen LogP contribution in [0.3, 0.4) is 0 Å². The fourth-order valence-electron chi connectivity index (χ4n) is 1.11. The quantitative estimate of drug-likeness (QED) is 0.690. The van der Waals surface area contributed by atoms with Gasteiger partial charge >= 0.3 is 0 Å². The van der Waals surface area contributed by atoms with Gasteiger partial charge in [0, 0.05) is 12.0 Å². The molecule has 1 heterocycles. The lowest BCUT2D eigenvalue weighted by molar-refractivity contribution is -0.127. The molecule has 0 amide bonds. The summed E-state index contributed by atoms with van der Waals surface area (Å²) in [5.74, 6) is 0. The predicted octanol–water partition coefficient (Wildman–Crippen LogP) is 2.18. The van der Waals surface area contributed by atoms with E-state index >= 15 is 0 Å². The molecule has 74 valence electrons. The van der Waals surface area contributed by atoms with E-state index in [0.29, 0.717) is 5.41 Å². The van der Waals surface area contributed by atoms with Crippen LogP contribution in [0.4, 0.5) is 0 Å². The van der Waals surface area contributed by atoms with Crippen LogP contribution in [0.25, 0.3) is 0 Å². The van der Waals surface area contributed by atoms with Crippen molar-refractivity contribution in [1.29, 1.82) is 0 Å². The molecule has 1 rings (SSSR count). The van der Waals surface area contributed by atoms with E-state index in [4.69, 9.17) is 4.74 Å². The lowest BCUT2D eigenvalue weighted by Crippen LogP contribution is -2.55. The fourth-order valence-corrected chi connectivity index (χ4v) is 1.11. The van der Waals surface area contributed by atoms with E-state index in [0.717, 1.165) is 19.6 Å². The first-order valence-corrected chi connectivity index (χ1v) is 4.36. The summed E-state index contributed by atoms with van der Waals surface area (Å²) >= 11 is 0. The molecule has 1 N–H and O–H groups in total. The highest BCUT2D eigenvalue weighted by molar-refractivity contribution is 5.85. The van der Waals surface area contributed by atoms with Gasteiger partial charge in [-0.15, -0.1) is 12.4 Å². The highest BCUT2D eigenvalue weighted by Crippen LogP contribution is 2.25. The van der Waals surface area contributed by atoms with E-state index in [9.17, 15) is 0 Å². The molecule has 0 radical (unpaired) electrons. The third-order valence-corrected chi connectivity index (χ3v) is 2.40. The maximum Gasteiger partial charge on any atom is 0.116 e. The lowest BCUT2D eigenvalue weighted by Gasteiger charge is -2.42. The Morgan fingerprint density at radius 1 is 1.33 bits per heavy atom. The molecule has 1 aliphatic heterocycles. The summed E-state index contributed by atoms with van der Waals surface area (Å²) < 4.78 is 5.72. The van der Waals surface area contributed by atoms with Gasteiger partial charge in [0.2, 0.25) is 0 Å². The van der Waals surface area contributed by atoms with Crippen molar-refractivity contribution in [3.05, 3.63) is 0 Å². The van der Waals surface area contributed by atoms with Crippen LogP contribution in [-0.4, -0.2) is 18.9 Å². The largest absolute Gasteiger partial charge is 0.360 e. The second kappa shape index (κ2) is 3.95. The van der Waals surface area contributed by atoms with Crippen LogP contribution in [0.15, 0.2) is 0 Å². The summed E-state index contributed by atoms with van der Waals surface area (Å²) in [6.07, 6.45) is 1.03. The van der Waals surface area contributed by atoms with Gasteiger partial charge in [-0.3, -0.25) is 5.32 Å². The Bertz CT molecular complexity index is 137. The topological polar surface area (TPSA) is 21.3 Å². The van der Waals surface area contributed by atoms with Gasteiger partial charge in [-0.25, -0.2) is 0 Å². The molecular formula is C9H20ClNO. The minimum absolute atomic E-state index is 0. The normalized spacial score (nSPS) is 34.0. The summed E-state index contributed by atoms with van der Waals surface area (Å²) in [6, 6.07) is 0. The fraction of sp³-hybridized carbons (Fsp3) is 1.00. The molecule has 1 atom stereocenters. The van der Waals surface area contributed by atoms with Gasteiger partial charge in [-0.2, -0.15) is 0 Å². The molecule has 1 unspecified atom stereocenters. The monoisotopic (exact) mass is 193 g/mol. The predicted molar refractivity (Wildman–Crippen MR) is 53.7 cm³/mol. The first-order chi connectivity index (χ1) is 4.97. The Balaban J connectivity index is 0.00000121. The molecule has 0 saturated carbocycles. The molecule has 1 saturated heterocycles. The average molecular weight is 194 g/mol. The first kappa shape index (κ1) is 12.2. The number of ether oxygens (including phenoxy) is 1. The molecule has 3 heteroatoms. The number of halogens is 1. The number of hydrogen-bond acceptors (Lipinski definition) is 2. The highest BCUT2D eigenvalue weighted by atomic mass is 35.5. The number of nitrogens with one attached hydrogen (secondary N) is 1. The van der Waals surface area contributed by atoms with Crippen LogP contribution in [0.5, 0.6) is 0 Å². The van der Waals surface area contributed by atoms with Gasteiger partial charge < -0.3 is 4.74 Å². The molecule has 0 spiro atoms. The molecule has 1 fully saturated rings. The van der Waals surface area contributed by atoms with E-state index in [-0.39, 0.29) is 18.1 Å². The van der Waals surface area contributed by atoms with Gasteiger partial charge in [0.05, 0.1) is 6.61 Å². The maximum atomic E-state index is 5.72. The first-order valence-electron chi connectivity index (χ1n) is 4.36. The van der Waals surface area contributed by atoms with E-state index < -0.39 is 0 Å². The molecule has 0 aromatic carbocycles. The molecule has 0 aromatic heterocycles. The Morgan fingerprint density at radius 2 is 1.92 bits per heavy atom. The Labute approximate surface area is 81.5 Å². The number of rotatable bonds is 1. The Hall–Kier alpha value is 0.210.